The predicted molar refractivity (Wildman–Crippen MR) is 109 cm³/mol. The normalized spacial score (nSPS) is 13.0. The molecule has 0 fully saturated rings. The van der Waals surface area contributed by atoms with Crippen LogP contribution in [0.25, 0.3) is 5.65 Å². The minimum absolute atomic E-state index is 0.00316. The van der Waals surface area contributed by atoms with Gasteiger partial charge in [0.05, 0.1) is 25.6 Å². The van der Waals surface area contributed by atoms with E-state index < -0.39 is 29.7 Å². The van der Waals surface area contributed by atoms with E-state index in [-0.39, 0.29) is 35.0 Å². The molecule has 3 aromatic rings. The Morgan fingerprint density at radius 2 is 2.06 bits per heavy atom. The molecule has 2 heterocycles. The standard InChI is InChI=1S/C19H22F2N6O4/c1-19(30,9-28)8-23-18(29)11-7-24-27-15(22-2)6-14(26-17(11)27)25-13-5-10(20)4-12(21)16(13)31-3/h4-7,22,28,30H,8-9H2,1-3H3,(H,23,29)(H,25,26). The molecule has 0 spiro atoms. The first-order valence-electron chi connectivity index (χ1n) is 9.17. The van der Waals surface area contributed by atoms with Gasteiger partial charge in [0.25, 0.3) is 5.91 Å². The van der Waals surface area contributed by atoms with Crippen molar-refractivity contribution in [3.8, 4) is 5.75 Å². The number of rotatable bonds is 8. The zero-order valence-corrected chi connectivity index (χ0v) is 17.0. The van der Waals surface area contributed by atoms with Gasteiger partial charge in [0, 0.05) is 31.8 Å². The summed E-state index contributed by atoms with van der Waals surface area (Å²) in [7, 11) is 2.87. The van der Waals surface area contributed by atoms with E-state index in [1.54, 1.807) is 7.05 Å². The largest absolute Gasteiger partial charge is 0.492 e. The first-order valence-corrected chi connectivity index (χ1v) is 9.17. The maximum atomic E-state index is 14.0. The Labute approximate surface area is 175 Å². The molecular formula is C19H22F2N6O4. The van der Waals surface area contributed by atoms with Gasteiger partial charge >= 0.3 is 0 Å². The number of fused-ring (bicyclic) bond motifs is 1. The third-order valence-corrected chi connectivity index (χ3v) is 4.42. The van der Waals surface area contributed by atoms with E-state index in [0.29, 0.717) is 11.9 Å². The van der Waals surface area contributed by atoms with Gasteiger partial charge in [-0.2, -0.15) is 9.61 Å². The van der Waals surface area contributed by atoms with Crippen LogP contribution < -0.4 is 20.7 Å². The predicted octanol–water partition coefficient (Wildman–Crippen LogP) is 1.27. The van der Waals surface area contributed by atoms with Crippen LogP contribution in [0.15, 0.2) is 24.4 Å². The highest BCUT2D eigenvalue weighted by Crippen LogP contribution is 2.32. The lowest BCUT2D eigenvalue weighted by Crippen LogP contribution is -2.43. The van der Waals surface area contributed by atoms with Crippen LogP contribution in [-0.4, -0.2) is 63.6 Å². The Bertz CT molecular complexity index is 1120. The number of ether oxygens (including phenoxy) is 1. The molecule has 0 saturated heterocycles. The van der Waals surface area contributed by atoms with Gasteiger partial charge in [-0.25, -0.2) is 13.8 Å². The Hall–Kier alpha value is -3.51. The van der Waals surface area contributed by atoms with E-state index in [2.05, 4.69) is 26.0 Å². The van der Waals surface area contributed by atoms with Gasteiger partial charge in [0.2, 0.25) is 0 Å². The van der Waals surface area contributed by atoms with E-state index in [9.17, 15) is 18.7 Å². The lowest BCUT2D eigenvalue weighted by Gasteiger charge is -2.20. The molecule has 166 valence electrons. The summed E-state index contributed by atoms with van der Waals surface area (Å²) in [4.78, 5) is 16.9. The number of amides is 1. The first kappa shape index (κ1) is 22.2. The van der Waals surface area contributed by atoms with Crippen LogP contribution >= 0.6 is 0 Å². The molecule has 0 aliphatic heterocycles. The number of hydrogen-bond acceptors (Lipinski definition) is 8. The number of aromatic nitrogens is 3. The molecule has 0 bridgehead atoms. The molecule has 0 aliphatic rings. The summed E-state index contributed by atoms with van der Waals surface area (Å²) < 4.78 is 34.1. The summed E-state index contributed by atoms with van der Waals surface area (Å²) in [5, 5.41) is 31.3. The van der Waals surface area contributed by atoms with Gasteiger partial charge in [-0.15, -0.1) is 0 Å². The van der Waals surface area contributed by atoms with Gasteiger partial charge in [-0.1, -0.05) is 0 Å². The molecule has 1 unspecified atom stereocenters. The summed E-state index contributed by atoms with van der Waals surface area (Å²) in [5.74, 6) is -1.88. The van der Waals surface area contributed by atoms with Crippen molar-refractivity contribution >= 4 is 28.9 Å². The minimum Gasteiger partial charge on any atom is -0.492 e. The molecule has 12 heteroatoms. The van der Waals surface area contributed by atoms with E-state index in [1.165, 1.54) is 30.8 Å². The highest BCUT2D eigenvalue weighted by Gasteiger charge is 2.23. The Balaban J connectivity index is 2.00. The number of carbonyl (C=O) groups is 1. The Morgan fingerprint density at radius 1 is 1.32 bits per heavy atom. The number of halogens is 2. The molecule has 1 aromatic carbocycles. The van der Waals surface area contributed by atoms with Crippen molar-refractivity contribution in [1.29, 1.82) is 0 Å². The molecule has 1 atom stereocenters. The van der Waals surface area contributed by atoms with Gasteiger partial charge in [0.15, 0.2) is 17.2 Å². The number of carbonyl (C=O) groups excluding carboxylic acids is 1. The fraction of sp³-hybridized carbons (Fsp3) is 0.316. The van der Waals surface area contributed by atoms with Crippen molar-refractivity contribution in [2.24, 2.45) is 0 Å². The third-order valence-electron chi connectivity index (χ3n) is 4.42. The van der Waals surface area contributed by atoms with Gasteiger partial charge < -0.3 is 30.9 Å². The number of nitrogens with zero attached hydrogens (tertiary/aromatic N) is 3. The van der Waals surface area contributed by atoms with Crippen molar-refractivity contribution in [2.45, 2.75) is 12.5 Å². The lowest BCUT2D eigenvalue weighted by molar-refractivity contribution is 0.00321. The number of benzene rings is 1. The molecule has 10 nitrogen and oxygen atoms in total. The second-order valence-corrected chi connectivity index (χ2v) is 7.00. The zero-order chi connectivity index (χ0) is 22.8. The van der Waals surface area contributed by atoms with Crippen molar-refractivity contribution in [3.63, 3.8) is 0 Å². The topological polar surface area (TPSA) is 133 Å². The fourth-order valence-electron chi connectivity index (χ4n) is 2.79. The number of anilines is 3. The third kappa shape index (κ3) is 4.64. The van der Waals surface area contributed by atoms with Crippen molar-refractivity contribution in [1.82, 2.24) is 19.9 Å². The SMILES string of the molecule is CNc1cc(Nc2cc(F)cc(F)c2OC)nc2c(C(=O)NCC(C)(O)CO)cnn12. The summed E-state index contributed by atoms with van der Waals surface area (Å²) in [5.41, 5.74) is -1.26. The maximum Gasteiger partial charge on any atom is 0.256 e. The molecule has 5 N–H and O–H groups in total. The van der Waals surface area contributed by atoms with Crippen LogP contribution in [0.4, 0.5) is 26.1 Å². The molecular weight excluding hydrogens is 414 g/mol. The zero-order valence-electron chi connectivity index (χ0n) is 17.0. The highest BCUT2D eigenvalue weighted by molar-refractivity contribution is 6.00. The Morgan fingerprint density at radius 3 is 2.71 bits per heavy atom. The molecule has 0 radical (unpaired) electrons. The summed E-state index contributed by atoms with van der Waals surface area (Å²) in [6.45, 7) is 0.634. The average molecular weight is 436 g/mol. The fourth-order valence-corrected chi connectivity index (χ4v) is 2.79. The van der Waals surface area contributed by atoms with E-state index in [4.69, 9.17) is 9.84 Å². The van der Waals surface area contributed by atoms with Crippen molar-refractivity contribution in [3.05, 3.63) is 41.6 Å². The molecule has 31 heavy (non-hydrogen) atoms. The quantitative estimate of drug-likeness (QED) is 0.357. The van der Waals surface area contributed by atoms with Gasteiger partial charge in [-0.3, -0.25) is 4.79 Å². The number of methoxy groups -OCH3 is 1. The number of nitrogens with one attached hydrogen (secondary N) is 3. The first-order chi connectivity index (χ1) is 14.7. The van der Waals surface area contributed by atoms with Crippen LogP contribution in [0, 0.1) is 11.6 Å². The molecule has 0 aliphatic carbocycles. The monoisotopic (exact) mass is 436 g/mol. The average Bonchev–Trinajstić information content (AvgIpc) is 3.15. The number of aliphatic hydroxyl groups excluding tert-OH is 1. The van der Waals surface area contributed by atoms with E-state index in [0.717, 1.165) is 6.07 Å². The second-order valence-electron chi connectivity index (χ2n) is 7.00. The summed E-state index contributed by atoms with van der Waals surface area (Å²) in [6, 6.07) is 3.27. The van der Waals surface area contributed by atoms with Gasteiger partial charge in [-0.05, 0) is 6.92 Å². The molecule has 3 rings (SSSR count). The number of aliphatic hydroxyl groups is 2. The second kappa shape index (κ2) is 8.70. The Kier molecular flexibility index (Phi) is 6.22. The maximum absolute atomic E-state index is 14.0. The van der Waals surface area contributed by atoms with Crippen LogP contribution in [0.2, 0.25) is 0 Å². The van der Waals surface area contributed by atoms with Crippen LogP contribution in [0.3, 0.4) is 0 Å². The van der Waals surface area contributed by atoms with Gasteiger partial charge in [0.1, 0.15) is 28.6 Å². The minimum atomic E-state index is -1.49. The van der Waals surface area contributed by atoms with Crippen molar-refractivity contribution < 1.29 is 28.5 Å². The molecule has 1 amide bonds. The summed E-state index contributed by atoms with van der Waals surface area (Å²) in [6.07, 6.45) is 1.29. The number of hydrogen-bond donors (Lipinski definition) is 5. The van der Waals surface area contributed by atoms with Crippen LogP contribution in [-0.2, 0) is 0 Å². The van der Waals surface area contributed by atoms with Crippen molar-refractivity contribution in [2.75, 3.05) is 37.9 Å². The summed E-state index contributed by atoms with van der Waals surface area (Å²) >= 11 is 0. The lowest BCUT2D eigenvalue weighted by atomic mass is 10.1. The van der Waals surface area contributed by atoms with Crippen LogP contribution in [0.5, 0.6) is 5.75 Å². The van der Waals surface area contributed by atoms with E-state index in [1.807, 2.05) is 0 Å². The molecule has 2 aromatic heterocycles. The smallest absolute Gasteiger partial charge is 0.256 e. The van der Waals surface area contributed by atoms with Crippen LogP contribution in [0.1, 0.15) is 17.3 Å². The highest BCUT2D eigenvalue weighted by atomic mass is 19.1. The van der Waals surface area contributed by atoms with E-state index >= 15 is 0 Å². The molecule has 0 saturated carbocycles.